The van der Waals surface area contributed by atoms with Crippen LogP contribution in [-0.2, 0) is 6.54 Å². The summed E-state index contributed by atoms with van der Waals surface area (Å²) in [5.74, 6) is -0.200. The summed E-state index contributed by atoms with van der Waals surface area (Å²) < 4.78 is 14.2. The van der Waals surface area contributed by atoms with Crippen molar-refractivity contribution in [2.45, 2.75) is 51.6 Å². The van der Waals surface area contributed by atoms with Gasteiger partial charge in [0, 0.05) is 23.7 Å². The molecule has 0 spiro atoms. The molecule has 20 heavy (non-hydrogen) atoms. The minimum absolute atomic E-state index is 0.200. The van der Waals surface area contributed by atoms with Gasteiger partial charge in [-0.15, -0.1) is 0 Å². The first kappa shape index (κ1) is 15.4. The van der Waals surface area contributed by atoms with Crippen LogP contribution >= 0.6 is 12.2 Å². The number of likely N-dealkylation sites (tertiary alicyclic amines) is 1. The zero-order chi connectivity index (χ0) is 14.5. The average molecular weight is 294 g/mol. The van der Waals surface area contributed by atoms with Gasteiger partial charge >= 0.3 is 0 Å². The summed E-state index contributed by atoms with van der Waals surface area (Å²) in [6, 6.07) is 5.67. The van der Waals surface area contributed by atoms with Crippen LogP contribution in [0.25, 0.3) is 0 Å². The summed E-state index contributed by atoms with van der Waals surface area (Å²) in [5.41, 5.74) is 6.88. The summed E-state index contributed by atoms with van der Waals surface area (Å²) in [4.78, 5) is 2.67. The standard InChI is InChI=1S/C16H23FN2S/c1-2-14-6-4-3-5-9-19(14)11-13-8-7-12(16(18)20)10-15(13)17/h7-8,10,14H,2-6,9,11H2,1H3,(H2,18,20). The predicted molar refractivity (Wildman–Crippen MR) is 85.2 cm³/mol. The highest BCUT2D eigenvalue weighted by Crippen LogP contribution is 2.22. The number of hydrogen-bond acceptors (Lipinski definition) is 2. The third kappa shape index (κ3) is 3.76. The second-order valence-corrected chi connectivity index (χ2v) is 5.99. The van der Waals surface area contributed by atoms with E-state index >= 15 is 0 Å². The number of hydrogen-bond donors (Lipinski definition) is 1. The van der Waals surface area contributed by atoms with Gasteiger partial charge in [-0.2, -0.15) is 0 Å². The monoisotopic (exact) mass is 294 g/mol. The lowest BCUT2D eigenvalue weighted by Gasteiger charge is -2.29. The number of halogens is 1. The molecule has 0 radical (unpaired) electrons. The number of nitrogens with zero attached hydrogens (tertiary/aromatic N) is 1. The first-order valence-electron chi connectivity index (χ1n) is 7.44. The van der Waals surface area contributed by atoms with Crippen LogP contribution in [0.1, 0.15) is 50.2 Å². The van der Waals surface area contributed by atoms with E-state index in [9.17, 15) is 4.39 Å². The Hall–Kier alpha value is -1.00. The van der Waals surface area contributed by atoms with E-state index in [1.807, 2.05) is 12.1 Å². The van der Waals surface area contributed by atoms with Crippen molar-refractivity contribution in [2.24, 2.45) is 5.73 Å². The van der Waals surface area contributed by atoms with Crippen LogP contribution in [0.3, 0.4) is 0 Å². The molecule has 1 atom stereocenters. The van der Waals surface area contributed by atoms with Crippen molar-refractivity contribution in [1.29, 1.82) is 0 Å². The molecule has 1 aliphatic heterocycles. The van der Waals surface area contributed by atoms with Crippen molar-refractivity contribution < 1.29 is 4.39 Å². The predicted octanol–water partition coefficient (Wildman–Crippen LogP) is 3.61. The van der Waals surface area contributed by atoms with Crippen molar-refractivity contribution >= 4 is 17.2 Å². The molecule has 0 bridgehead atoms. The molecule has 1 aromatic rings. The van der Waals surface area contributed by atoms with Crippen LogP contribution in [0.15, 0.2) is 18.2 Å². The average Bonchev–Trinajstić information content (AvgIpc) is 2.65. The van der Waals surface area contributed by atoms with E-state index in [4.69, 9.17) is 18.0 Å². The highest BCUT2D eigenvalue weighted by Gasteiger charge is 2.20. The normalized spacial score (nSPS) is 20.6. The second kappa shape index (κ2) is 7.14. The van der Waals surface area contributed by atoms with E-state index in [0.29, 0.717) is 18.2 Å². The fourth-order valence-corrected chi connectivity index (χ4v) is 3.08. The van der Waals surface area contributed by atoms with E-state index in [0.717, 1.165) is 18.5 Å². The Morgan fingerprint density at radius 3 is 2.85 bits per heavy atom. The van der Waals surface area contributed by atoms with E-state index < -0.39 is 0 Å². The van der Waals surface area contributed by atoms with Crippen LogP contribution in [0, 0.1) is 5.82 Å². The number of rotatable bonds is 4. The van der Waals surface area contributed by atoms with Crippen LogP contribution in [-0.4, -0.2) is 22.5 Å². The molecule has 2 rings (SSSR count). The van der Waals surface area contributed by atoms with Gasteiger partial charge in [0.1, 0.15) is 10.8 Å². The lowest BCUT2D eigenvalue weighted by atomic mass is 10.1. The summed E-state index contributed by atoms with van der Waals surface area (Å²) in [6.45, 7) is 3.96. The number of thiocarbonyl (C=S) groups is 1. The molecular weight excluding hydrogens is 271 g/mol. The molecule has 0 aliphatic carbocycles. The topological polar surface area (TPSA) is 29.3 Å². The van der Waals surface area contributed by atoms with E-state index in [1.165, 1.54) is 31.7 Å². The van der Waals surface area contributed by atoms with Gasteiger partial charge in [-0.05, 0) is 31.9 Å². The van der Waals surface area contributed by atoms with Crippen molar-refractivity contribution in [3.05, 3.63) is 35.1 Å². The van der Waals surface area contributed by atoms with Crippen LogP contribution in [0.5, 0.6) is 0 Å². The summed E-state index contributed by atoms with van der Waals surface area (Å²) in [5, 5.41) is 0. The van der Waals surface area contributed by atoms with Crippen LogP contribution < -0.4 is 5.73 Å². The molecule has 1 aliphatic rings. The van der Waals surface area contributed by atoms with Crippen molar-refractivity contribution in [3.63, 3.8) is 0 Å². The highest BCUT2D eigenvalue weighted by atomic mass is 32.1. The fourth-order valence-electron chi connectivity index (χ4n) is 2.95. The Morgan fingerprint density at radius 1 is 1.40 bits per heavy atom. The minimum atomic E-state index is -0.200. The molecule has 0 amide bonds. The molecular formula is C16H23FN2S. The Kier molecular flexibility index (Phi) is 5.49. The maximum absolute atomic E-state index is 14.2. The van der Waals surface area contributed by atoms with E-state index in [1.54, 1.807) is 0 Å². The lowest BCUT2D eigenvalue weighted by Crippen LogP contribution is -2.34. The SMILES string of the molecule is CCC1CCCCCN1Cc1ccc(C(N)=S)cc1F. The minimum Gasteiger partial charge on any atom is -0.389 e. The third-order valence-electron chi connectivity index (χ3n) is 4.18. The Labute approximate surface area is 126 Å². The van der Waals surface area contributed by atoms with E-state index in [-0.39, 0.29) is 10.8 Å². The zero-order valence-corrected chi connectivity index (χ0v) is 12.9. The molecule has 1 saturated heterocycles. The van der Waals surface area contributed by atoms with Crippen molar-refractivity contribution in [3.8, 4) is 0 Å². The number of benzene rings is 1. The van der Waals surface area contributed by atoms with Gasteiger partial charge in [-0.1, -0.05) is 44.1 Å². The quantitative estimate of drug-likeness (QED) is 0.860. The van der Waals surface area contributed by atoms with Gasteiger partial charge in [-0.25, -0.2) is 4.39 Å². The molecule has 1 unspecified atom stereocenters. The molecule has 2 N–H and O–H groups in total. The molecule has 1 aromatic carbocycles. The Bertz CT molecular complexity index is 476. The van der Waals surface area contributed by atoms with E-state index in [2.05, 4.69) is 11.8 Å². The maximum Gasteiger partial charge on any atom is 0.128 e. The van der Waals surface area contributed by atoms with Crippen LogP contribution in [0.4, 0.5) is 4.39 Å². The van der Waals surface area contributed by atoms with Gasteiger partial charge in [0.15, 0.2) is 0 Å². The first-order valence-corrected chi connectivity index (χ1v) is 7.85. The Morgan fingerprint density at radius 2 is 2.20 bits per heavy atom. The third-order valence-corrected chi connectivity index (χ3v) is 4.42. The van der Waals surface area contributed by atoms with Crippen molar-refractivity contribution in [1.82, 2.24) is 4.90 Å². The van der Waals surface area contributed by atoms with Gasteiger partial charge in [0.05, 0.1) is 0 Å². The number of nitrogens with two attached hydrogens (primary N) is 1. The highest BCUT2D eigenvalue weighted by molar-refractivity contribution is 7.80. The first-order chi connectivity index (χ1) is 9.61. The zero-order valence-electron chi connectivity index (χ0n) is 12.1. The van der Waals surface area contributed by atoms with Crippen molar-refractivity contribution in [2.75, 3.05) is 6.54 Å². The largest absolute Gasteiger partial charge is 0.389 e. The molecule has 4 heteroatoms. The molecule has 110 valence electrons. The fraction of sp³-hybridized carbons (Fsp3) is 0.562. The van der Waals surface area contributed by atoms with Gasteiger partial charge in [0.2, 0.25) is 0 Å². The smallest absolute Gasteiger partial charge is 0.128 e. The second-order valence-electron chi connectivity index (χ2n) is 5.55. The maximum atomic E-state index is 14.2. The summed E-state index contributed by atoms with van der Waals surface area (Å²) in [7, 11) is 0. The molecule has 0 aromatic heterocycles. The van der Waals surface area contributed by atoms with Gasteiger partial charge in [-0.3, -0.25) is 4.90 Å². The Balaban J connectivity index is 2.13. The van der Waals surface area contributed by atoms with Gasteiger partial charge < -0.3 is 5.73 Å². The van der Waals surface area contributed by atoms with Gasteiger partial charge in [0.25, 0.3) is 0 Å². The molecule has 0 saturated carbocycles. The molecule has 1 fully saturated rings. The lowest BCUT2D eigenvalue weighted by molar-refractivity contribution is 0.184. The molecule has 1 heterocycles. The summed E-state index contributed by atoms with van der Waals surface area (Å²) >= 11 is 4.88. The summed E-state index contributed by atoms with van der Waals surface area (Å²) in [6.07, 6.45) is 6.15. The van der Waals surface area contributed by atoms with Crippen LogP contribution in [0.2, 0.25) is 0 Å². The molecule has 2 nitrogen and oxygen atoms in total.